The van der Waals surface area contributed by atoms with Gasteiger partial charge in [0.05, 0.1) is 16.7 Å². The first-order valence-corrected chi connectivity index (χ1v) is 11.6. The van der Waals surface area contributed by atoms with Crippen LogP contribution in [0, 0.1) is 0 Å². The van der Waals surface area contributed by atoms with Crippen molar-refractivity contribution >= 4 is 28.6 Å². The predicted molar refractivity (Wildman–Crippen MR) is 122 cm³/mol. The number of aryl methyl sites for hydroxylation is 1. The number of carbonyl (C=O) groups is 1. The molecule has 1 aliphatic carbocycles. The van der Waals surface area contributed by atoms with Crippen LogP contribution in [0.5, 0.6) is 0 Å². The molecule has 0 atom stereocenters. The topological polar surface area (TPSA) is 64.0 Å². The molecule has 0 saturated heterocycles. The van der Waals surface area contributed by atoms with Gasteiger partial charge in [0.25, 0.3) is 5.56 Å². The van der Waals surface area contributed by atoms with E-state index in [0.717, 1.165) is 19.3 Å². The third kappa shape index (κ3) is 5.11. The van der Waals surface area contributed by atoms with Crippen molar-refractivity contribution in [3.05, 3.63) is 70.5 Å². The van der Waals surface area contributed by atoms with E-state index in [0.29, 0.717) is 22.6 Å². The highest BCUT2D eigenvalue weighted by Gasteiger charge is 2.17. The van der Waals surface area contributed by atoms with Gasteiger partial charge >= 0.3 is 0 Å². The Hall–Kier alpha value is -2.60. The zero-order valence-electron chi connectivity index (χ0n) is 17.0. The molecule has 1 aromatic heterocycles. The van der Waals surface area contributed by atoms with E-state index in [1.54, 1.807) is 4.57 Å². The number of nitrogens with zero attached hydrogens (tertiary/aromatic N) is 2. The minimum absolute atomic E-state index is 0.0175. The van der Waals surface area contributed by atoms with Crippen LogP contribution in [-0.4, -0.2) is 27.3 Å². The lowest BCUT2D eigenvalue weighted by atomic mass is 9.95. The number of carbonyl (C=O) groups excluding carboxylic acids is 1. The number of rotatable bonds is 7. The van der Waals surface area contributed by atoms with Gasteiger partial charge in [-0.25, -0.2) is 4.98 Å². The van der Waals surface area contributed by atoms with Crippen LogP contribution in [0.25, 0.3) is 10.9 Å². The van der Waals surface area contributed by atoms with Crippen molar-refractivity contribution in [3.63, 3.8) is 0 Å². The molecule has 0 unspecified atom stereocenters. The highest BCUT2D eigenvalue weighted by atomic mass is 32.2. The van der Waals surface area contributed by atoms with Gasteiger partial charge in [-0.1, -0.05) is 73.5 Å². The molecule has 0 aliphatic heterocycles. The molecule has 1 saturated carbocycles. The molecule has 1 aliphatic rings. The van der Waals surface area contributed by atoms with Gasteiger partial charge in [0.1, 0.15) is 0 Å². The van der Waals surface area contributed by atoms with Crippen molar-refractivity contribution in [3.8, 4) is 0 Å². The Labute approximate surface area is 180 Å². The molecule has 1 fully saturated rings. The summed E-state index contributed by atoms with van der Waals surface area (Å²) < 4.78 is 1.72. The Morgan fingerprint density at radius 2 is 1.77 bits per heavy atom. The predicted octanol–water partition coefficient (Wildman–Crippen LogP) is 4.18. The molecular weight excluding hydrogens is 394 g/mol. The molecule has 6 heteroatoms. The number of fused-ring (bicyclic) bond motifs is 1. The van der Waals surface area contributed by atoms with E-state index >= 15 is 0 Å². The molecule has 1 heterocycles. The fraction of sp³-hybridized carbons (Fsp3) is 0.375. The second kappa shape index (κ2) is 9.94. The number of hydrogen-bond donors (Lipinski definition) is 1. The first kappa shape index (κ1) is 20.7. The summed E-state index contributed by atoms with van der Waals surface area (Å²) in [6.07, 6.45) is 6.49. The summed E-state index contributed by atoms with van der Waals surface area (Å²) in [5.74, 6) is 0.288. The van der Waals surface area contributed by atoms with Crippen LogP contribution in [0.1, 0.15) is 37.7 Å². The van der Waals surface area contributed by atoms with Gasteiger partial charge in [0.2, 0.25) is 5.91 Å². The number of aromatic nitrogens is 2. The molecule has 0 bridgehead atoms. The molecule has 1 amide bonds. The molecule has 30 heavy (non-hydrogen) atoms. The average molecular weight is 422 g/mol. The van der Waals surface area contributed by atoms with E-state index in [4.69, 9.17) is 4.98 Å². The van der Waals surface area contributed by atoms with Gasteiger partial charge in [0.15, 0.2) is 5.16 Å². The number of hydrogen-bond acceptors (Lipinski definition) is 4. The lowest BCUT2D eigenvalue weighted by molar-refractivity contribution is -0.119. The summed E-state index contributed by atoms with van der Waals surface area (Å²) in [6, 6.07) is 17.8. The SMILES string of the molecule is O=C(CSc1nc2ccccc2c(=O)n1CCc1ccccc1)NC1CCCCC1. The van der Waals surface area contributed by atoms with E-state index in [9.17, 15) is 9.59 Å². The molecule has 5 nitrogen and oxygen atoms in total. The number of nitrogens with one attached hydrogen (secondary N) is 1. The van der Waals surface area contributed by atoms with E-state index in [-0.39, 0.29) is 23.3 Å². The average Bonchev–Trinajstić information content (AvgIpc) is 2.78. The second-order valence-electron chi connectivity index (χ2n) is 7.80. The van der Waals surface area contributed by atoms with Crippen LogP contribution in [0.4, 0.5) is 0 Å². The van der Waals surface area contributed by atoms with Gasteiger partial charge in [0, 0.05) is 12.6 Å². The van der Waals surface area contributed by atoms with E-state index in [2.05, 4.69) is 17.4 Å². The van der Waals surface area contributed by atoms with E-state index in [1.165, 1.54) is 36.6 Å². The van der Waals surface area contributed by atoms with Crippen molar-refractivity contribution in [2.24, 2.45) is 0 Å². The number of benzene rings is 2. The maximum Gasteiger partial charge on any atom is 0.262 e. The third-order valence-corrected chi connectivity index (χ3v) is 6.57. The highest BCUT2D eigenvalue weighted by molar-refractivity contribution is 7.99. The summed E-state index contributed by atoms with van der Waals surface area (Å²) in [5.41, 5.74) is 1.80. The Morgan fingerprint density at radius 3 is 2.57 bits per heavy atom. The molecule has 2 aromatic carbocycles. The monoisotopic (exact) mass is 421 g/mol. The van der Waals surface area contributed by atoms with Crippen LogP contribution in [0.2, 0.25) is 0 Å². The van der Waals surface area contributed by atoms with Gasteiger partial charge in [-0.15, -0.1) is 0 Å². The standard InChI is InChI=1S/C24H27N3O2S/c28-22(25-19-11-5-2-6-12-19)17-30-24-26-21-14-8-7-13-20(21)23(29)27(24)16-15-18-9-3-1-4-10-18/h1,3-4,7-10,13-14,19H,2,5-6,11-12,15-17H2,(H,25,28). The summed E-state index contributed by atoms with van der Waals surface area (Å²) in [7, 11) is 0. The minimum atomic E-state index is -0.0493. The second-order valence-corrected chi connectivity index (χ2v) is 8.74. The molecular formula is C24H27N3O2S. The van der Waals surface area contributed by atoms with Crippen molar-refractivity contribution < 1.29 is 4.79 Å². The van der Waals surface area contributed by atoms with Crippen LogP contribution in [0.3, 0.4) is 0 Å². The van der Waals surface area contributed by atoms with Gasteiger partial charge in [-0.3, -0.25) is 14.2 Å². The molecule has 0 spiro atoms. The zero-order valence-corrected chi connectivity index (χ0v) is 17.9. The van der Waals surface area contributed by atoms with Gasteiger partial charge in [-0.2, -0.15) is 0 Å². The first-order chi connectivity index (χ1) is 14.7. The zero-order chi connectivity index (χ0) is 20.8. The molecule has 0 radical (unpaired) electrons. The lowest BCUT2D eigenvalue weighted by Crippen LogP contribution is -2.37. The Balaban J connectivity index is 1.52. The van der Waals surface area contributed by atoms with Crippen molar-refractivity contribution in [2.45, 2.75) is 56.3 Å². The lowest BCUT2D eigenvalue weighted by Gasteiger charge is -2.22. The maximum atomic E-state index is 13.1. The van der Waals surface area contributed by atoms with Gasteiger partial charge < -0.3 is 5.32 Å². The summed E-state index contributed by atoms with van der Waals surface area (Å²) in [6.45, 7) is 0.535. The summed E-state index contributed by atoms with van der Waals surface area (Å²) >= 11 is 1.35. The van der Waals surface area contributed by atoms with Crippen LogP contribution < -0.4 is 10.9 Å². The normalized spacial score (nSPS) is 14.7. The number of para-hydroxylation sites is 1. The summed E-state index contributed by atoms with van der Waals surface area (Å²) in [4.78, 5) is 30.3. The highest BCUT2D eigenvalue weighted by Crippen LogP contribution is 2.20. The Bertz CT molecular complexity index is 1060. The first-order valence-electron chi connectivity index (χ1n) is 10.7. The van der Waals surface area contributed by atoms with Crippen LogP contribution >= 0.6 is 11.8 Å². The fourth-order valence-electron chi connectivity index (χ4n) is 3.99. The van der Waals surface area contributed by atoms with Gasteiger partial charge in [-0.05, 0) is 37.0 Å². The Morgan fingerprint density at radius 1 is 1.03 bits per heavy atom. The van der Waals surface area contributed by atoms with Crippen molar-refractivity contribution in [1.82, 2.24) is 14.9 Å². The van der Waals surface area contributed by atoms with Crippen LogP contribution in [-0.2, 0) is 17.8 Å². The largest absolute Gasteiger partial charge is 0.353 e. The number of amides is 1. The van der Waals surface area contributed by atoms with E-state index < -0.39 is 0 Å². The molecule has 156 valence electrons. The number of thioether (sulfide) groups is 1. The molecule has 1 N–H and O–H groups in total. The van der Waals surface area contributed by atoms with Crippen molar-refractivity contribution in [2.75, 3.05) is 5.75 Å². The van der Waals surface area contributed by atoms with Crippen molar-refractivity contribution in [1.29, 1.82) is 0 Å². The van der Waals surface area contributed by atoms with Crippen LogP contribution in [0.15, 0.2) is 64.5 Å². The summed E-state index contributed by atoms with van der Waals surface area (Å²) in [5, 5.41) is 4.36. The molecule has 3 aromatic rings. The van der Waals surface area contributed by atoms with E-state index in [1.807, 2.05) is 42.5 Å². The minimum Gasteiger partial charge on any atom is -0.353 e. The smallest absolute Gasteiger partial charge is 0.262 e. The molecule has 4 rings (SSSR count). The third-order valence-electron chi connectivity index (χ3n) is 5.60. The Kier molecular flexibility index (Phi) is 6.84. The fourth-order valence-corrected chi connectivity index (χ4v) is 4.82. The quantitative estimate of drug-likeness (QED) is 0.459. The maximum absolute atomic E-state index is 13.1.